The minimum absolute atomic E-state index is 0.0741. The summed E-state index contributed by atoms with van der Waals surface area (Å²) in [5.74, 6) is -0.779. The largest absolute Gasteiger partial charge is 0.416 e. The summed E-state index contributed by atoms with van der Waals surface area (Å²) in [7, 11) is 0. The SMILES string of the molecule is NC(=O)c1cnc(-c2cc(C(F)(F)F)ccc2Cl)cn1. The second-order valence-electron chi connectivity index (χ2n) is 3.84. The molecule has 0 saturated heterocycles. The van der Waals surface area contributed by atoms with Crippen molar-refractivity contribution in [1.29, 1.82) is 0 Å². The number of carbonyl (C=O) groups is 1. The van der Waals surface area contributed by atoms with Gasteiger partial charge < -0.3 is 5.73 Å². The summed E-state index contributed by atoms with van der Waals surface area (Å²) < 4.78 is 37.9. The summed E-state index contributed by atoms with van der Waals surface area (Å²) in [6.07, 6.45) is -2.27. The maximum atomic E-state index is 12.6. The van der Waals surface area contributed by atoms with Crippen LogP contribution in [0.1, 0.15) is 16.1 Å². The van der Waals surface area contributed by atoms with Gasteiger partial charge in [0.1, 0.15) is 5.69 Å². The molecule has 0 saturated carbocycles. The molecule has 0 fully saturated rings. The van der Waals surface area contributed by atoms with Crippen LogP contribution in [0.2, 0.25) is 5.02 Å². The van der Waals surface area contributed by atoms with Gasteiger partial charge in [0.25, 0.3) is 5.91 Å². The normalized spacial score (nSPS) is 11.4. The van der Waals surface area contributed by atoms with E-state index in [4.69, 9.17) is 17.3 Å². The van der Waals surface area contributed by atoms with Crippen LogP contribution < -0.4 is 5.73 Å². The van der Waals surface area contributed by atoms with Crippen LogP contribution in [0.4, 0.5) is 13.2 Å². The van der Waals surface area contributed by atoms with Crippen molar-refractivity contribution in [3.8, 4) is 11.3 Å². The predicted octanol–water partition coefficient (Wildman–Crippen LogP) is 2.91. The van der Waals surface area contributed by atoms with Gasteiger partial charge in [-0.05, 0) is 18.2 Å². The summed E-state index contributed by atoms with van der Waals surface area (Å²) in [5, 5.41) is 0.0964. The number of aromatic nitrogens is 2. The Morgan fingerprint density at radius 3 is 2.40 bits per heavy atom. The lowest BCUT2D eigenvalue weighted by molar-refractivity contribution is -0.137. The van der Waals surface area contributed by atoms with Crippen LogP contribution in [0, 0.1) is 0 Å². The highest BCUT2D eigenvalue weighted by molar-refractivity contribution is 6.33. The highest BCUT2D eigenvalue weighted by Crippen LogP contribution is 2.35. The highest BCUT2D eigenvalue weighted by Gasteiger charge is 2.31. The number of halogens is 4. The summed E-state index contributed by atoms with van der Waals surface area (Å²) in [4.78, 5) is 18.4. The molecular formula is C12H7ClF3N3O. The van der Waals surface area contributed by atoms with Crippen molar-refractivity contribution in [2.75, 3.05) is 0 Å². The maximum absolute atomic E-state index is 12.6. The number of rotatable bonds is 2. The highest BCUT2D eigenvalue weighted by atomic mass is 35.5. The molecule has 20 heavy (non-hydrogen) atoms. The first-order valence-corrected chi connectivity index (χ1v) is 5.66. The van der Waals surface area contributed by atoms with E-state index in [1.165, 1.54) is 0 Å². The first kappa shape index (κ1) is 14.3. The fraction of sp³-hybridized carbons (Fsp3) is 0.0833. The second-order valence-corrected chi connectivity index (χ2v) is 4.25. The number of nitrogens with zero attached hydrogens (tertiary/aromatic N) is 2. The number of hydrogen-bond donors (Lipinski definition) is 1. The average molecular weight is 302 g/mol. The molecule has 2 N–H and O–H groups in total. The zero-order chi connectivity index (χ0) is 14.9. The lowest BCUT2D eigenvalue weighted by atomic mass is 10.1. The van der Waals surface area contributed by atoms with Crippen molar-refractivity contribution in [2.45, 2.75) is 6.18 Å². The van der Waals surface area contributed by atoms with E-state index in [1.807, 2.05) is 0 Å². The molecule has 2 aromatic rings. The molecule has 1 amide bonds. The zero-order valence-electron chi connectivity index (χ0n) is 9.78. The fourth-order valence-electron chi connectivity index (χ4n) is 1.49. The lowest BCUT2D eigenvalue weighted by Gasteiger charge is -2.10. The first-order chi connectivity index (χ1) is 9.29. The van der Waals surface area contributed by atoms with E-state index in [9.17, 15) is 18.0 Å². The van der Waals surface area contributed by atoms with Crippen LogP contribution in [-0.2, 0) is 6.18 Å². The molecule has 0 aliphatic heterocycles. The van der Waals surface area contributed by atoms with Crippen LogP contribution in [0.15, 0.2) is 30.6 Å². The van der Waals surface area contributed by atoms with Gasteiger partial charge in [0.05, 0.1) is 28.7 Å². The molecule has 0 aliphatic rings. The lowest BCUT2D eigenvalue weighted by Crippen LogP contribution is -2.13. The quantitative estimate of drug-likeness (QED) is 0.927. The number of alkyl halides is 3. The van der Waals surface area contributed by atoms with Crippen molar-refractivity contribution in [3.63, 3.8) is 0 Å². The Kier molecular flexibility index (Phi) is 3.63. The first-order valence-electron chi connectivity index (χ1n) is 5.28. The van der Waals surface area contributed by atoms with Gasteiger partial charge >= 0.3 is 6.18 Å². The van der Waals surface area contributed by atoms with Gasteiger partial charge in [-0.15, -0.1) is 0 Å². The molecule has 1 aromatic carbocycles. The third-order valence-electron chi connectivity index (χ3n) is 2.47. The maximum Gasteiger partial charge on any atom is 0.416 e. The molecule has 0 bridgehead atoms. The van der Waals surface area contributed by atoms with Crippen LogP contribution >= 0.6 is 11.6 Å². The molecule has 0 spiro atoms. The molecule has 4 nitrogen and oxygen atoms in total. The number of hydrogen-bond acceptors (Lipinski definition) is 3. The molecular weight excluding hydrogens is 295 g/mol. The smallest absolute Gasteiger partial charge is 0.364 e. The summed E-state index contributed by atoms with van der Waals surface area (Å²) in [5.41, 5.74) is 4.25. The Morgan fingerprint density at radius 2 is 1.90 bits per heavy atom. The van der Waals surface area contributed by atoms with E-state index < -0.39 is 17.6 Å². The second kappa shape index (κ2) is 5.09. The standard InChI is InChI=1S/C12H7ClF3N3O/c13-8-2-1-6(12(14,15)16)3-7(8)9-4-19-10(5-18-9)11(17)20/h1-5H,(H2,17,20). The van der Waals surface area contributed by atoms with Crippen molar-refractivity contribution >= 4 is 17.5 Å². The monoisotopic (exact) mass is 301 g/mol. The van der Waals surface area contributed by atoms with Gasteiger partial charge in [0, 0.05) is 5.56 Å². The van der Waals surface area contributed by atoms with E-state index in [2.05, 4.69) is 9.97 Å². The Morgan fingerprint density at radius 1 is 1.20 bits per heavy atom. The Bertz CT molecular complexity index is 656. The molecule has 8 heteroatoms. The Hall–Kier alpha value is -2.15. The van der Waals surface area contributed by atoms with Crippen LogP contribution in [0.5, 0.6) is 0 Å². The van der Waals surface area contributed by atoms with Gasteiger partial charge in [-0.3, -0.25) is 9.78 Å². The molecule has 0 radical (unpaired) electrons. The van der Waals surface area contributed by atoms with Gasteiger partial charge in [-0.25, -0.2) is 4.98 Å². The average Bonchev–Trinajstić information content (AvgIpc) is 2.38. The summed E-state index contributed by atoms with van der Waals surface area (Å²) in [6, 6.07) is 2.87. The van der Waals surface area contributed by atoms with Crippen molar-refractivity contribution in [2.24, 2.45) is 5.73 Å². The Labute approximate surface area is 116 Å². The topological polar surface area (TPSA) is 68.9 Å². The van der Waals surface area contributed by atoms with E-state index in [1.54, 1.807) is 0 Å². The molecule has 104 valence electrons. The molecule has 1 heterocycles. The molecule has 0 atom stereocenters. The van der Waals surface area contributed by atoms with Crippen LogP contribution in [0.25, 0.3) is 11.3 Å². The van der Waals surface area contributed by atoms with E-state index >= 15 is 0 Å². The number of benzene rings is 1. The van der Waals surface area contributed by atoms with Gasteiger partial charge in [-0.1, -0.05) is 11.6 Å². The predicted molar refractivity (Wildman–Crippen MR) is 66.0 cm³/mol. The number of carbonyl (C=O) groups excluding carboxylic acids is 1. The van der Waals surface area contributed by atoms with Crippen molar-refractivity contribution < 1.29 is 18.0 Å². The minimum Gasteiger partial charge on any atom is -0.364 e. The third kappa shape index (κ3) is 2.88. The molecule has 1 aromatic heterocycles. The van der Waals surface area contributed by atoms with Crippen LogP contribution in [-0.4, -0.2) is 15.9 Å². The van der Waals surface area contributed by atoms with Crippen molar-refractivity contribution in [3.05, 3.63) is 46.9 Å². The van der Waals surface area contributed by atoms with Crippen LogP contribution in [0.3, 0.4) is 0 Å². The molecule has 2 rings (SSSR count). The van der Waals surface area contributed by atoms with E-state index in [-0.39, 0.29) is 22.0 Å². The van der Waals surface area contributed by atoms with Gasteiger partial charge in [0.2, 0.25) is 0 Å². The minimum atomic E-state index is -4.49. The Balaban J connectivity index is 2.49. The fourth-order valence-corrected chi connectivity index (χ4v) is 1.71. The molecule has 0 aliphatic carbocycles. The molecule has 0 unspecified atom stereocenters. The summed E-state index contributed by atoms with van der Waals surface area (Å²) >= 11 is 5.86. The third-order valence-corrected chi connectivity index (χ3v) is 2.80. The van der Waals surface area contributed by atoms with Gasteiger partial charge in [0.15, 0.2) is 0 Å². The van der Waals surface area contributed by atoms with E-state index in [0.717, 1.165) is 30.6 Å². The zero-order valence-corrected chi connectivity index (χ0v) is 10.5. The van der Waals surface area contributed by atoms with Crippen molar-refractivity contribution in [1.82, 2.24) is 9.97 Å². The van der Waals surface area contributed by atoms with E-state index in [0.29, 0.717) is 0 Å². The van der Waals surface area contributed by atoms with Gasteiger partial charge in [-0.2, -0.15) is 13.2 Å². The number of nitrogens with two attached hydrogens (primary N) is 1. The number of amides is 1. The number of primary amides is 1. The summed E-state index contributed by atoms with van der Waals surface area (Å²) in [6.45, 7) is 0.